The molecule has 0 N–H and O–H groups in total. The molecule has 1 spiro atoms. The Morgan fingerprint density at radius 3 is 2.43 bits per heavy atom. The van der Waals surface area contributed by atoms with E-state index in [2.05, 4.69) is 11.0 Å². The Morgan fingerprint density at radius 1 is 0.929 bits per heavy atom. The zero-order valence-corrected chi connectivity index (χ0v) is 15.5. The van der Waals surface area contributed by atoms with E-state index in [-0.39, 0.29) is 17.6 Å². The van der Waals surface area contributed by atoms with E-state index in [9.17, 15) is 9.59 Å². The summed E-state index contributed by atoms with van der Waals surface area (Å²) < 4.78 is 0. The molecule has 1 atom stereocenters. The first-order valence-electron chi connectivity index (χ1n) is 10.0. The number of hydrogen-bond acceptors (Lipinski definition) is 4. The van der Waals surface area contributed by atoms with Crippen LogP contribution in [0, 0.1) is 5.41 Å². The molecule has 3 aliphatic rings. The van der Waals surface area contributed by atoms with Gasteiger partial charge in [0.1, 0.15) is 11.2 Å². The second-order valence-corrected chi connectivity index (χ2v) is 8.22. The molecule has 1 saturated heterocycles. The highest BCUT2D eigenvalue weighted by Gasteiger charge is 2.61. The van der Waals surface area contributed by atoms with Gasteiger partial charge in [-0.2, -0.15) is 0 Å². The molecule has 28 heavy (non-hydrogen) atoms. The smallest absolute Gasteiger partial charge is 0.179 e. The molecule has 1 aromatic heterocycles. The van der Waals surface area contributed by atoms with Gasteiger partial charge in [-0.15, -0.1) is 0 Å². The van der Waals surface area contributed by atoms with Gasteiger partial charge >= 0.3 is 0 Å². The Labute approximate surface area is 163 Å². The van der Waals surface area contributed by atoms with Crippen LogP contribution in [0.1, 0.15) is 45.5 Å². The number of rotatable bonds is 0. The van der Waals surface area contributed by atoms with Crippen molar-refractivity contribution in [1.82, 2.24) is 4.98 Å². The summed E-state index contributed by atoms with van der Waals surface area (Å²) in [5.74, 6) is 0.971. The maximum absolute atomic E-state index is 13.6. The molecule has 0 radical (unpaired) electrons. The van der Waals surface area contributed by atoms with E-state index >= 15 is 0 Å². The van der Waals surface area contributed by atoms with Gasteiger partial charge in [0.05, 0.1) is 11.6 Å². The van der Waals surface area contributed by atoms with Gasteiger partial charge in [0.25, 0.3) is 0 Å². The fourth-order valence-electron chi connectivity index (χ4n) is 5.57. The number of nitrogens with zero attached hydrogens (tertiary/aromatic N) is 2. The quantitative estimate of drug-likeness (QED) is 0.558. The van der Waals surface area contributed by atoms with Crippen LogP contribution in [0.25, 0.3) is 10.9 Å². The molecule has 1 unspecified atom stereocenters. The Morgan fingerprint density at radius 2 is 1.64 bits per heavy atom. The molecule has 1 aliphatic carbocycles. The number of para-hydroxylation sites is 1. The van der Waals surface area contributed by atoms with Crippen LogP contribution in [0.15, 0.2) is 54.6 Å². The number of fused-ring (bicyclic) bond motifs is 6. The molecule has 2 aliphatic heterocycles. The van der Waals surface area contributed by atoms with Crippen molar-refractivity contribution in [3.63, 3.8) is 0 Å². The summed E-state index contributed by atoms with van der Waals surface area (Å²) in [6.07, 6.45) is 3.42. The lowest BCUT2D eigenvalue weighted by molar-refractivity contribution is 0.0613. The lowest BCUT2D eigenvalue weighted by Gasteiger charge is -2.49. The van der Waals surface area contributed by atoms with Crippen LogP contribution in [-0.4, -0.2) is 29.1 Å². The second-order valence-electron chi connectivity index (χ2n) is 8.22. The molecule has 2 aromatic carbocycles. The van der Waals surface area contributed by atoms with Crippen LogP contribution >= 0.6 is 0 Å². The standard InChI is InChI=1S/C24H20N2O2/c27-21-17-8-2-3-9-18(17)22(28)24(21)14-16-13-15-7-1-4-10-19(15)25-23(16)26-12-6-5-11-20(24)26/h1-4,7-10,13,20H,5-6,11-12,14H2. The summed E-state index contributed by atoms with van der Waals surface area (Å²) in [4.78, 5) is 34.5. The Balaban J connectivity index is 1.60. The second kappa shape index (κ2) is 5.51. The molecule has 0 saturated carbocycles. The number of anilines is 1. The van der Waals surface area contributed by atoms with E-state index in [1.807, 2.05) is 48.5 Å². The summed E-state index contributed by atoms with van der Waals surface area (Å²) in [5, 5.41) is 1.06. The average Bonchev–Trinajstić information content (AvgIpc) is 2.96. The molecule has 3 aromatic rings. The highest BCUT2D eigenvalue weighted by molar-refractivity contribution is 6.30. The van der Waals surface area contributed by atoms with Crippen molar-refractivity contribution in [2.24, 2.45) is 5.41 Å². The summed E-state index contributed by atoms with van der Waals surface area (Å²) in [6.45, 7) is 0.849. The molecule has 3 heterocycles. The fraction of sp³-hybridized carbons (Fsp3) is 0.292. The number of pyridine rings is 1. The van der Waals surface area contributed by atoms with Crippen molar-refractivity contribution >= 4 is 28.3 Å². The predicted molar refractivity (Wildman–Crippen MR) is 108 cm³/mol. The first kappa shape index (κ1) is 16.0. The third-order valence-electron chi connectivity index (χ3n) is 6.82. The fourth-order valence-corrected chi connectivity index (χ4v) is 5.57. The first-order chi connectivity index (χ1) is 13.7. The van der Waals surface area contributed by atoms with E-state index in [1.165, 1.54) is 0 Å². The Hall–Kier alpha value is -3.01. The van der Waals surface area contributed by atoms with Crippen molar-refractivity contribution in [2.45, 2.75) is 31.7 Å². The number of aromatic nitrogens is 1. The van der Waals surface area contributed by atoms with Gasteiger partial charge in [-0.1, -0.05) is 42.5 Å². The normalized spacial score (nSPS) is 22.3. The zero-order chi connectivity index (χ0) is 18.9. The number of carbonyl (C=O) groups excluding carboxylic acids is 2. The molecule has 0 amide bonds. The molecule has 138 valence electrons. The summed E-state index contributed by atoms with van der Waals surface area (Å²) in [6, 6.07) is 17.4. The van der Waals surface area contributed by atoms with Gasteiger partial charge in [0.2, 0.25) is 0 Å². The molecular weight excluding hydrogens is 348 g/mol. The first-order valence-corrected chi connectivity index (χ1v) is 10.0. The van der Waals surface area contributed by atoms with Gasteiger partial charge in [0, 0.05) is 23.1 Å². The van der Waals surface area contributed by atoms with Crippen LogP contribution in [0.5, 0.6) is 0 Å². The molecule has 6 rings (SSSR count). The average molecular weight is 368 g/mol. The maximum atomic E-state index is 13.6. The van der Waals surface area contributed by atoms with Crippen LogP contribution in [0.3, 0.4) is 0 Å². The van der Waals surface area contributed by atoms with Gasteiger partial charge in [-0.25, -0.2) is 4.98 Å². The third kappa shape index (κ3) is 1.88. The van der Waals surface area contributed by atoms with E-state index in [1.54, 1.807) is 0 Å². The summed E-state index contributed by atoms with van der Waals surface area (Å²) in [7, 11) is 0. The van der Waals surface area contributed by atoms with Crippen molar-refractivity contribution in [3.05, 3.63) is 71.3 Å². The summed E-state index contributed by atoms with van der Waals surface area (Å²) in [5.41, 5.74) is 2.17. The van der Waals surface area contributed by atoms with E-state index in [0.717, 1.165) is 48.1 Å². The van der Waals surface area contributed by atoms with Crippen molar-refractivity contribution in [3.8, 4) is 0 Å². The van der Waals surface area contributed by atoms with Crippen molar-refractivity contribution < 1.29 is 9.59 Å². The minimum Gasteiger partial charge on any atom is -0.352 e. The van der Waals surface area contributed by atoms with Gasteiger partial charge in [-0.05, 0) is 43.4 Å². The topological polar surface area (TPSA) is 50.3 Å². The number of piperidine rings is 1. The number of benzene rings is 2. The van der Waals surface area contributed by atoms with E-state index in [0.29, 0.717) is 17.5 Å². The zero-order valence-electron chi connectivity index (χ0n) is 15.5. The van der Waals surface area contributed by atoms with Gasteiger partial charge in [-0.3, -0.25) is 9.59 Å². The molecule has 1 fully saturated rings. The van der Waals surface area contributed by atoms with Crippen LogP contribution < -0.4 is 4.90 Å². The number of hydrogen-bond donors (Lipinski definition) is 0. The van der Waals surface area contributed by atoms with Crippen LogP contribution in [0.4, 0.5) is 5.82 Å². The van der Waals surface area contributed by atoms with Crippen molar-refractivity contribution in [2.75, 3.05) is 11.4 Å². The van der Waals surface area contributed by atoms with E-state index < -0.39 is 5.41 Å². The van der Waals surface area contributed by atoms with Gasteiger partial charge < -0.3 is 4.90 Å². The predicted octanol–water partition coefficient (Wildman–Crippen LogP) is 4.22. The summed E-state index contributed by atoms with van der Waals surface area (Å²) >= 11 is 0. The number of ketones is 2. The minimum atomic E-state index is -0.999. The Kier molecular flexibility index (Phi) is 3.14. The minimum absolute atomic E-state index is 0.00353. The molecule has 4 heteroatoms. The lowest BCUT2D eigenvalue weighted by Crippen LogP contribution is -2.60. The molecular formula is C24H20N2O2. The van der Waals surface area contributed by atoms with Crippen LogP contribution in [-0.2, 0) is 6.42 Å². The third-order valence-corrected chi connectivity index (χ3v) is 6.82. The van der Waals surface area contributed by atoms with Crippen molar-refractivity contribution in [1.29, 1.82) is 0 Å². The van der Waals surface area contributed by atoms with Crippen LogP contribution in [0.2, 0.25) is 0 Å². The highest BCUT2D eigenvalue weighted by Crippen LogP contribution is 2.51. The van der Waals surface area contributed by atoms with E-state index in [4.69, 9.17) is 4.98 Å². The Bertz CT molecular complexity index is 1130. The lowest BCUT2D eigenvalue weighted by atomic mass is 9.66. The monoisotopic (exact) mass is 368 g/mol. The van der Waals surface area contributed by atoms with Gasteiger partial charge in [0.15, 0.2) is 11.6 Å². The SMILES string of the molecule is O=C1c2ccccc2C(=O)C12Cc1cc3ccccc3nc1N1CCCCC12. The maximum Gasteiger partial charge on any atom is 0.179 e. The number of Topliss-reactive ketones (excluding diaryl/α,β-unsaturated/α-hetero) is 2. The number of carbonyl (C=O) groups is 2. The largest absolute Gasteiger partial charge is 0.352 e. The highest BCUT2D eigenvalue weighted by atomic mass is 16.2. The molecule has 0 bridgehead atoms. The molecule has 4 nitrogen and oxygen atoms in total.